The van der Waals surface area contributed by atoms with Gasteiger partial charge in [0, 0.05) is 23.9 Å². The van der Waals surface area contributed by atoms with E-state index >= 15 is 0 Å². The minimum absolute atomic E-state index is 0.0889. The van der Waals surface area contributed by atoms with Crippen LogP contribution < -0.4 is 5.32 Å². The summed E-state index contributed by atoms with van der Waals surface area (Å²) < 4.78 is 7.05. The Morgan fingerprint density at radius 2 is 2.17 bits per heavy atom. The van der Waals surface area contributed by atoms with E-state index in [-0.39, 0.29) is 17.3 Å². The molecule has 3 aliphatic rings. The molecule has 1 saturated heterocycles. The monoisotopic (exact) mass is 244 g/mol. The van der Waals surface area contributed by atoms with E-state index in [9.17, 15) is 9.59 Å². The van der Waals surface area contributed by atoms with Gasteiger partial charge < -0.3 is 14.6 Å². The van der Waals surface area contributed by atoms with Crippen molar-refractivity contribution < 1.29 is 14.3 Å². The zero-order valence-corrected chi connectivity index (χ0v) is 10.1. The van der Waals surface area contributed by atoms with E-state index in [2.05, 4.69) is 5.32 Å². The summed E-state index contributed by atoms with van der Waals surface area (Å²) in [5, 5.41) is 3.31. The third-order valence-corrected chi connectivity index (χ3v) is 4.06. The highest BCUT2D eigenvalue weighted by molar-refractivity contribution is 6.25. The van der Waals surface area contributed by atoms with Crippen molar-refractivity contribution in [2.24, 2.45) is 0 Å². The molecule has 0 aromatic carbocycles. The largest absolute Gasteiger partial charge is 0.492 e. The van der Waals surface area contributed by atoms with Crippen molar-refractivity contribution in [3.63, 3.8) is 0 Å². The smallest absolute Gasteiger partial charge is 0.230 e. The van der Waals surface area contributed by atoms with Crippen molar-refractivity contribution in [2.45, 2.75) is 25.6 Å². The number of ketones is 2. The molecule has 92 valence electrons. The third-order valence-electron chi connectivity index (χ3n) is 4.06. The molecule has 2 aliphatic heterocycles. The van der Waals surface area contributed by atoms with Gasteiger partial charge >= 0.3 is 0 Å². The number of hydrogen-bond donors (Lipinski definition) is 1. The first-order chi connectivity index (χ1) is 8.63. The number of aromatic nitrogens is 1. The fourth-order valence-corrected chi connectivity index (χ4v) is 3.08. The molecule has 1 aromatic heterocycles. The standard InChI is InChI=1S/C13H12N2O3/c1-5-11(16)10-6(12(17)13(5)18-2)3-8-9-7(14-9)4-15(8)10/h3,7,9,14H,4H2,1-2H3/t7-,9-/m0/s1. The highest BCUT2D eigenvalue weighted by Crippen LogP contribution is 2.42. The van der Waals surface area contributed by atoms with Crippen LogP contribution in [0.25, 0.3) is 0 Å². The minimum atomic E-state index is -0.177. The zero-order valence-electron chi connectivity index (χ0n) is 10.1. The van der Waals surface area contributed by atoms with Crippen molar-refractivity contribution in [1.29, 1.82) is 0 Å². The Hall–Kier alpha value is -1.88. The number of nitrogens with zero attached hydrogens (tertiary/aromatic N) is 1. The fraction of sp³-hybridized carbons (Fsp3) is 0.385. The second kappa shape index (κ2) is 2.92. The zero-order chi connectivity index (χ0) is 12.6. The van der Waals surface area contributed by atoms with Gasteiger partial charge in [-0.05, 0) is 13.0 Å². The predicted molar refractivity (Wildman–Crippen MR) is 62.5 cm³/mol. The number of rotatable bonds is 1. The molecule has 1 aliphatic carbocycles. The highest BCUT2D eigenvalue weighted by Gasteiger charge is 2.49. The molecule has 0 saturated carbocycles. The average molecular weight is 244 g/mol. The lowest BCUT2D eigenvalue weighted by atomic mass is 9.94. The molecule has 1 aromatic rings. The Bertz CT molecular complexity index is 653. The molecule has 3 heterocycles. The Kier molecular flexibility index (Phi) is 1.64. The van der Waals surface area contributed by atoms with Gasteiger partial charge in [-0.2, -0.15) is 0 Å². The Morgan fingerprint density at radius 3 is 2.89 bits per heavy atom. The number of nitrogens with one attached hydrogen (secondary N) is 1. The van der Waals surface area contributed by atoms with E-state index in [0.717, 1.165) is 12.2 Å². The van der Waals surface area contributed by atoms with Crippen molar-refractivity contribution in [2.75, 3.05) is 7.11 Å². The van der Waals surface area contributed by atoms with Crippen LogP contribution >= 0.6 is 0 Å². The number of carbonyl (C=O) groups is 2. The van der Waals surface area contributed by atoms with E-state index < -0.39 is 0 Å². The first-order valence-electron chi connectivity index (χ1n) is 5.97. The van der Waals surface area contributed by atoms with E-state index in [0.29, 0.717) is 28.9 Å². The number of ether oxygens (including phenoxy) is 1. The maximum Gasteiger partial charge on any atom is 0.230 e. The normalized spacial score (nSPS) is 28.1. The molecule has 0 amide bonds. The van der Waals surface area contributed by atoms with Gasteiger partial charge in [0.1, 0.15) is 5.69 Å². The van der Waals surface area contributed by atoms with Gasteiger partial charge in [0.15, 0.2) is 5.76 Å². The van der Waals surface area contributed by atoms with E-state index in [1.165, 1.54) is 7.11 Å². The van der Waals surface area contributed by atoms with Crippen LogP contribution in [0.2, 0.25) is 0 Å². The van der Waals surface area contributed by atoms with E-state index in [1.807, 2.05) is 10.6 Å². The summed E-state index contributed by atoms with van der Waals surface area (Å²) in [6.45, 7) is 2.43. The lowest BCUT2D eigenvalue weighted by molar-refractivity contribution is 0.0902. The van der Waals surface area contributed by atoms with Crippen LogP contribution in [0, 0.1) is 0 Å². The van der Waals surface area contributed by atoms with Gasteiger partial charge in [-0.15, -0.1) is 0 Å². The molecule has 0 spiro atoms. The lowest BCUT2D eigenvalue weighted by Crippen LogP contribution is -2.24. The van der Waals surface area contributed by atoms with Crippen molar-refractivity contribution in [3.05, 3.63) is 34.3 Å². The lowest BCUT2D eigenvalue weighted by Gasteiger charge is -2.17. The predicted octanol–water partition coefficient (Wildman–Crippen LogP) is 0.814. The van der Waals surface area contributed by atoms with Crippen LogP contribution in [-0.4, -0.2) is 29.3 Å². The van der Waals surface area contributed by atoms with E-state index in [4.69, 9.17) is 4.74 Å². The summed E-state index contributed by atoms with van der Waals surface area (Å²) in [4.78, 5) is 24.6. The summed E-state index contributed by atoms with van der Waals surface area (Å²) in [5.41, 5.74) is 2.49. The van der Waals surface area contributed by atoms with Crippen LogP contribution in [0.5, 0.6) is 0 Å². The van der Waals surface area contributed by atoms with Crippen molar-refractivity contribution in [1.82, 2.24) is 9.88 Å². The Labute approximate surface area is 103 Å². The van der Waals surface area contributed by atoms with Crippen molar-refractivity contribution in [3.8, 4) is 0 Å². The summed E-state index contributed by atoms with van der Waals surface area (Å²) in [6, 6.07) is 2.61. The molecule has 18 heavy (non-hydrogen) atoms. The Morgan fingerprint density at radius 1 is 1.39 bits per heavy atom. The molecule has 5 nitrogen and oxygen atoms in total. The Balaban J connectivity index is 1.95. The van der Waals surface area contributed by atoms with Crippen LogP contribution in [0.3, 0.4) is 0 Å². The van der Waals surface area contributed by atoms with Gasteiger partial charge in [-0.3, -0.25) is 9.59 Å². The van der Waals surface area contributed by atoms with Gasteiger partial charge in [0.25, 0.3) is 0 Å². The molecule has 1 N–H and O–H groups in total. The van der Waals surface area contributed by atoms with Gasteiger partial charge in [-0.25, -0.2) is 0 Å². The number of fused-ring (bicyclic) bond motifs is 5. The molecule has 1 fully saturated rings. The van der Waals surface area contributed by atoms with Crippen LogP contribution in [0.15, 0.2) is 17.4 Å². The highest BCUT2D eigenvalue weighted by atomic mass is 16.5. The summed E-state index contributed by atoms with van der Waals surface area (Å²) >= 11 is 0. The number of hydrogen-bond acceptors (Lipinski definition) is 4. The fourth-order valence-electron chi connectivity index (χ4n) is 3.08. The summed E-state index contributed by atoms with van der Waals surface area (Å²) in [5.74, 6) is -0.0882. The van der Waals surface area contributed by atoms with Crippen molar-refractivity contribution >= 4 is 11.6 Å². The average Bonchev–Trinajstić information content (AvgIpc) is 2.87. The van der Waals surface area contributed by atoms with Crippen LogP contribution in [0.1, 0.15) is 39.5 Å². The molecule has 2 atom stereocenters. The molecular weight excluding hydrogens is 232 g/mol. The molecule has 0 unspecified atom stereocenters. The number of Topliss-reactive ketones (excluding diaryl/α,β-unsaturated/α-hetero) is 2. The van der Waals surface area contributed by atoms with Gasteiger partial charge in [-0.1, -0.05) is 0 Å². The first kappa shape index (κ1) is 10.1. The molecule has 4 rings (SSSR count). The summed E-state index contributed by atoms with van der Waals surface area (Å²) in [7, 11) is 1.43. The molecule has 0 radical (unpaired) electrons. The third kappa shape index (κ3) is 0.968. The second-order valence-electron chi connectivity index (χ2n) is 5.01. The van der Waals surface area contributed by atoms with Gasteiger partial charge in [0.05, 0.1) is 18.7 Å². The number of methoxy groups -OCH3 is 1. The first-order valence-corrected chi connectivity index (χ1v) is 5.97. The topological polar surface area (TPSA) is 70.2 Å². The van der Waals surface area contributed by atoms with Crippen LogP contribution in [-0.2, 0) is 11.3 Å². The van der Waals surface area contributed by atoms with Gasteiger partial charge in [0.2, 0.25) is 11.6 Å². The molecule has 5 heteroatoms. The second-order valence-corrected chi connectivity index (χ2v) is 5.01. The quantitative estimate of drug-likeness (QED) is 0.742. The number of allylic oxidation sites excluding steroid dienone is 2. The molecule has 0 bridgehead atoms. The van der Waals surface area contributed by atoms with E-state index in [1.54, 1.807) is 6.92 Å². The number of carbonyl (C=O) groups excluding carboxylic acids is 2. The maximum absolute atomic E-state index is 12.3. The van der Waals surface area contributed by atoms with Crippen LogP contribution in [0.4, 0.5) is 0 Å². The maximum atomic E-state index is 12.3. The SMILES string of the molecule is COC1=C(C)C(=O)c2c(cc3n2C[C@@H]2N[C@H]32)C1=O. The molecular formula is C13H12N2O3. The summed E-state index contributed by atoms with van der Waals surface area (Å²) in [6.07, 6.45) is 0. The minimum Gasteiger partial charge on any atom is -0.492 e.